The summed E-state index contributed by atoms with van der Waals surface area (Å²) in [6.45, 7) is 8.80. The molecule has 0 aromatic heterocycles. The molecule has 5 nitrogen and oxygen atoms in total. The number of rotatable bonds is 5. The number of nitrogens with one attached hydrogen (secondary N) is 1. The van der Waals surface area contributed by atoms with Crippen LogP contribution < -0.4 is 5.32 Å². The number of amides is 1. The molecule has 0 saturated heterocycles. The summed E-state index contributed by atoms with van der Waals surface area (Å²) < 4.78 is 24.0. The van der Waals surface area contributed by atoms with Crippen LogP contribution in [0.3, 0.4) is 0 Å². The van der Waals surface area contributed by atoms with Crippen LogP contribution in [0.5, 0.6) is 0 Å². The fourth-order valence-electron chi connectivity index (χ4n) is 1.97. The molecule has 1 N–H and O–H groups in total. The van der Waals surface area contributed by atoms with Gasteiger partial charge in [0, 0.05) is 6.42 Å². The summed E-state index contributed by atoms with van der Waals surface area (Å²) in [6, 6.07) is 3.60. The number of hydrogen-bond acceptors (Lipinski definition) is 4. The summed E-state index contributed by atoms with van der Waals surface area (Å²) in [7, 11) is 0. The molecule has 1 rings (SSSR count). The van der Waals surface area contributed by atoms with Gasteiger partial charge in [0.1, 0.15) is 17.5 Å². The highest BCUT2D eigenvalue weighted by Gasteiger charge is 2.26. The Bertz CT molecular complexity index is 566. The van der Waals surface area contributed by atoms with Gasteiger partial charge in [-0.3, -0.25) is 0 Å². The van der Waals surface area contributed by atoms with E-state index in [4.69, 9.17) is 9.47 Å². The maximum Gasteiger partial charge on any atom is 0.408 e. The molecule has 0 aliphatic rings. The second kappa shape index (κ2) is 7.94. The minimum atomic E-state index is -1.01. The Morgan fingerprint density at radius 3 is 2.52 bits per heavy atom. The van der Waals surface area contributed by atoms with Gasteiger partial charge in [-0.25, -0.2) is 14.0 Å². The summed E-state index contributed by atoms with van der Waals surface area (Å²) in [4.78, 5) is 23.9. The molecule has 1 atom stereocenters. The lowest BCUT2D eigenvalue weighted by Gasteiger charge is -2.23. The van der Waals surface area contributed by atoms with E-state index in [1.54, 1.807) is 39.8 Å². The van der Waals surface area contributed by atoms with Gasteiger partial charge in [0.25, 0.3) is 0 Å². The van der Waals surface area contributed by atoms with Crippen molar-refractivity contribution in [2.75, 3.05) is 6.61 Å². The molecule has 1 aromatic carbocycles. The van der Waals surface area contributed by atoms with Gasteiger partial charge in [-0.15, -0.1) is 0 Å². The molecule has 6 heteroatoms. The highest BCUT2D eigenvalue weighted by molar-refractivity contribution is 5.81. The third-order valence-corrected chi connectivity index (χ3v) is 2.89. The normalized spacial score (nSPS) is 12.4. The predicted molar refractivity (Wildman–Crippen MR) is 84.6 cm³/mol. The van der Waals surface area contributed by atoms with Gasteiger partial charge in [0.15, 0.2) is 0 Å². The number of hydrogen-bond donors (Lipinski definition) is 1. The van der Waals surface area contributed by atoms with Crippen molar-refractivity contribution in [2.45, 2.75) is 52.7 Å². The average molecular weight is 325 g/mol. The minimum Gasteiger partial charge on any atom is -0.464 e. The third kappa shape index (κ3) is 6.67. The summed E-state index contributed by atoms with van der Waals surface area (Å²) >= 11 is 0. The Balaban J connectivity index is 2.90. The van der Waals surface area contributed by atoms with Crippen LogP contribution in [-0.4, -0.2) is 30.3 Å². The van der Waals surface area contributed by atoms with Crippen LogP contribution in [0.1, 0.15) is 38.8 Å². The first-order valence-electron chi connectivity index (χ1n) is 7.53. The monoisotopic (exact) mass is 325 g/mol. The number of esters is 1. The lowest BCUT2D eigenvalue weighted by atomic mass is 10.0. The maximum absolute atomic E-state index is 13.9. The van der Waals surface area contributed by atoms with Crippen LogP contribution in [0.2, 0.25) is 0 Å². The van der Waals surface area contributed by atoms with Gasteiger partial charge < -0.3 is 14.8 Å². The van der Waals surface area contributed by atoms with Crippen LogP contribution in [0.25, 0.3) is 0 Å². The van der Waals surface area contributed by atoms with Crippen LogP contribution in [0, 0.1) is 12.7 Å². The Hall–Kier alpha value is -2.11. The van der Waals surface area contributed by atoms with Crippen molar-refractivity contribution in [1.29, 1.82) is 0 Å². The zero-order chi connectivity index (χ0) is 17.6. The fourth-order valence-corrected chi connectivity index (χ4v) is 1.97. The van der Waals surface area contributed by atoms with Gasteiger partial charge in [0.2, 0.25) is 0 Å². The van der Waals surface area contributed by atoms with E-state index in [1.807, 2.05) is 6.92 Å². The third-order valence-electron chi connectivity index (χ3n) is 2.89. The Morgan fingerprint density at radius 1 is 1.30 bits per heavy atom. The van der Waals surface area contributed by atoms with Crippen molar-refractivity contribution >= 4 is 12.1 Å². The summed E-state index contributed by atoms with van der Waals surface area (Å²) in [6.07, 6.45) is -0.755. The highest BCUT2D eigenvalue weighted by Crippen LogP contribution is 2.14. The molecule has 0 fully saturated rings. The Labute approximate surface area is 136 Å². The first-order valence-corrected chi connectivity index (χ1v) is 7.53. The van der Waals surface area contributed by atoms with Gasteiger partial charge in [-0.05, 0) is 46.2 Å². The minimum absolute atomic E-state index is 0.00834. The zero-order valence-corrected chi connectivity index (χ0v) is 14.2. The molecule has 0 radical (unpaired) electrons. The van der Waals surface area contributed by atoms with E-state index in [0.29, 0.717) is 5.56 Å². The van der Waals surface area contributed by atoms with Crippen molar-refractivity contribution in [3.8, 4) is 0 Å². The lowest BCUT2D eigenvalue weighted by molar-refractivity contribution is -0.145. The number of benzene rings is 1. The first-order chi connectivity index (χ1) is 10.6. The molecule has 0 heterocycles. The van der Waals surface area contributed by atoms with Crippen LogP contribution in [0.4, 0.5) is 9.18 Å². The lowest BCUT2D eigenvalue weighted by Crippen LogP contribution is -2.45. The molecule has 1 aromatic rings. The number of carbonyl (C=O) groups is 2. The molecule has 1 amide bonds. The molecular formula is C17H24FNO4. The first kappa shape index (κ1) is 18.9. The summed E-state index contributed by atoms with van der Waals surface area (Å²) in [5.41, 5.74) is 0.498. The second-order valence-corrected chi connectivity index (χ2v) is 6.25. The number of ether oxygens (including phenoxy) is 2. The second-order valence-electron chi connectivity index (χ2n) is 6.25. The number of alkyl carbamates (subject to hydrolysis) is 1. The maximum atomic E-state index is 13.9. The van der Waals surface area contributed by atoms with Crippen LogP contribution >= 0.6 is 0 Å². The van der Waals surface area contributed by atoms with Crippen molar-refractivity contribution in [3.63, 3.8) is 0 Å². The SMILES string of the molecule is CCOC(=O)C(Cc1cc(C)ccc1F)NC(=O)OC(C)(C)C. The van der Waals surface area contributed by atoms with Crippen molar-refractivity contribution < 1.29 is 23.5 Å². The number of carbonyl (C=O) groups excluding carboxylic acids is 2. The molecule has 0 spiro atoms. The molecule has 1 unspecified atom stereocenters. The van der Waals surface area contributed by atoms with Crippen LogP contribution in [0.15, 0.2) is 18.2 Å². The summed E-state index contributed by atoms with van der Waals surface area (Å²) in [5.74, 6) is -1.06. The van der Waals surface area contributed by atoms with Gasteiger partial charge in [-0.1, -0.05) is 17.7 Å². The quantitative estimate of drug-likeness (QED) is 0.845. The van der Waals surface area contributed by atoms with Gasteiger partial charge in [-0.2, -0.15) is 0 Å². The topological polar surface area (TPSA) is 64.6 Å². The van der Waals surface area contributed by atoms with E-state index >= 15 is 0 Å². The van der Waals surface area contributed by atoms with Gasteiger partial charge in [0.05, 0.1) is 6.61 Å². The van der Waals surface area contributed by atoms with Gasteiger partial charge >= 0.3 is 12.1 Å². The summed E-state index contributed by atoms with van der Waals surface area (Å²) in [5, 5.41) is 2.45. The van der Waals surface area contributed by atoms with E-state index in [0.717, 1.165) is 5.56 Å². The van der Waals surface area contributed by atoms with E-state index in [9.17, 15) is 14.0 Å². The smallest absolute Gasteiger partial charge is 0.408 e. The van der Waals surface area contributed by atoms with Crippen molar-refractivity contribution in [2.24, 2.45) is 0 Å². The van der Waals surface area contributed by atoms with E-state index < -0.39 is 29.5 Å². The van der Waals surface area contributed by atoms with E-state index in [1.165, 1.54) is 6.07 Å². The predicted octanol–water partition coefficient (Wildman–Crippen LogP) is 3.13. The molecule has 0 aliphatic heterocycles. The van der Waals surface area contributed by atoms with Crippen LogP contribution in [-0.2, 0) is 20.7 Å². The molecule has 0 saturated carbocycles. The standard InChI is InChI=1S/C17H24FNO4/c1-6-22-15(20)14(19-16(21)23-17(3,4)5)10-12-9-11(2)7-8-13(12)18/h7-9,14H,6,10H2,1-5H3,(H,19,21). The number of aryl methyl sites for hydroxylation is 1. The van der Waals surface area contributed by atoms with E-state index in [-0.39, 0.29) is 13.0 Å². The zero-order valence-electron chi connectivity index (χ0n) is 14.2. The fraction of sp³-hybridized carbons (Fsp3) is 0.529. The molecule has 0 bridgehead atoms. The largest absolute Gasteiger partial charge is 0.464 e. The van der Waals surface area contributed by atoms with E-state index in [2.05, 4.69) is 5.32 Å². The number of halogens is 1. The highest BCUT2D eigenvalue weighted by atomic mass is 19.1. The molecular weight excluding hydrogens is 301 g/mol. The van der Waals surface area contributed by atoms with Crippen molar-refractivity contribution in [3.05, 3.63) is 35.1 Å². The average Bonchev–Trinajstić information content (AvgIpc) is 2.40. The molecule has 23 heavy (non-hydrogen) atoms. The molecule has 0 aliphatic carbocycles. The Morgan fingerprint density at radius 2 is 1.96 bits per heavy atom. The molecule has 128 valence electrons. The van der Waals surface area contributed by atoms with Crippen molar-refractivity contribution in [1.82, 2.24) is 5.32 Å². The Kier molecular flexibility index (Phi) is 6.54.